The molecule has 3 rings (SSSR count). The first-order valence-electron chi connectivity index (χ1n) is 7.43. The monoisotopic (exact) mass is 382 g/mol. The second-order valence-corrected chi connectivity index (χ2v) is 7.32. The van der Waals surface area contributed by atoms with Crippen LogP contribution in [0.3, 0.4) is 0 Å². The van der Waals surface area contributed by atoms with Gasteiger partial charge in [-0.05, 0) is 17.7 Å². The molecule has 24 heavy (non-hydrogen) atoms. The third kappa shape index (κ3) is 4.10. The topological polar surface area (TPSA) is 54.2 Å². The van der Waals surface area contributed by atoms with Gasteiger partial charge in [-0.1, -0.05) is 53.5 Å². The highest BCUT2D eigenvalue weighted by atomic mass is 35.5. The molecule has 1 aliphatic rings. The summed E-state index contributed by atoms with van der Waals surface area (Å²) in [5.41, 5.74) is 1.18. The van der Waals surface area contributed by atoms with Gasteiger partial charge in [-0.25, -0.2) is 9.98 Å². The van der Waals surface area contributed by atoms with E-state index in [0.29, 0.717) is 20.8 Å². The van der Waals surface area contributed by atoms with Crippen molar-refractivity contribution in [2.75, 3.05) is 19.8 Å². The highest BCUT2D eigenvalue weighted by Crippen LogP contribution is 2.33. The molecule has 1 N–H and O–H groups in total. The van der Waals surface area contributed by atoms with Crippen LogP contribution in [0, 0.1) is 0 Å². The molecule has 126 valence electrons. The maximum absolute atomic E-state index is 8.95. The maximum atomic E-state index is 8.95. The zero-order valence-corrected chi connectivity index (χ0v) is 15.1. The van der Waals surface area contributed by atoms with Crippen LogP contribution in [0.1, 0.15) is 5.56 Å². The lowest BCUT2D eigenvalue weighted by Gasteiger charge is -2.22. The average Bonchev–Trinajstić information content (AvgIpc) is 2.92. The summed E-state index contributed by atoms with van der Waals surface area (Å²) in [5.74, 6) is 0.742. The number of aliphatic hydroxyl groups is 1. The van der Waals surface area contributed by atoms with E-state index in [1.54, 1.807) is 23.9 Å². The molecule has 0 aromatic heterocycles. The van der Waals surface area contributed by atoms with Gasteiger partial charge < -0.3 is 9.84 Å². The van der Waals surface area contributed by atoms with Crippen molar-refractivity contribution in [3.05, 3.63) is 68.8 Å². The van der Waals surface area contributed by atoms with Crippen molar-refractivity contribution in [3.63, 3.8) is 0 Å². The Balaban J connectivity index is 1.88. The van der Waals surface area contributed by atoms with Crippen LogP contribution >= 0.6 is 35.0 Å². The number of aliphatic hydroxyl groups excluding tert-OH is 1. The number of fused-ring (bicyclic) bond motifs is 1. The van der Waals surface area contributed by atoms with Gasteiger partial charge in [0.05, 0.1) is 34.0 Å². The molecule has 1 aliphatic heterocycles. The minimum Gasteiger partial charge on any atom is -0.394 e. The number of nitrogens with zero attached hydrogens (tertiary/aromatic N) is 2. The van der Waals surface area contributed by atoms with E-state index >= 15 is 0 Å². The predicted octanol–water partition coefficient (Wildman–Crippen LogP) is 2.84. The van der Waals surface area contributed by atoms with Gasteiger partial charge in [-0.15, -0.1) is 11.8 Å². The summed E-state index contributed by atoms with van der Waals surface area (Å²) in [4.78, 5) is 8.65. The molecule has 7 heteroatoms. The molecular formula is C17H16Cl2N2O2S. The first-order chi connectivity index (χ1) is 11.6. The van der Waals surface area contributed by atoms with Crippen molar-refractivity contribution in [1.29, 1.82) is 0 Å². The normalized spacial score (nSPS) is 14.8. The molecule has 0 saturated carbocycles. The Labute approximate surface area is 154 Å². The van der Waals surface area contributed by atoms with Gasteiger partial charge in [0, 0.05) is 5.75 Å². The van der Waals surface area contributed by atoms with Crippen molar-refractivity contribution in [2.45, 2.75) is 10.7 Å². The molecule has 1 heterocycles. The molecule has 0 bridgehead atoms. The van der Waals surface area contributed by atoms with Gasteiger partial charge in [0.25, 0.3) is 0 Å². The fraction of sp³-hybridized carbons (Fsp3) is 0.294. The van der Waals surface area contributed by atoms with Gasteiger partial charge in [-0.3, -0.25) is 0 Å². The fourth-order valence-corrected chi connectivity index (χ4v) is 3.72. The van der Waals surface area contributed by atoms with Crippen LogP contribution in [0.2, 0.25) is 10.0 Å². The number of halogens is 2. The molecule has 0 saturated heterocycles. The fourth-order valence-electron chi connectivity index (χ4n) is 2.32. The highest BCUT2D eigenvalue weighted by Gasteiger charge is 2.32. The van der Waals surface area contributed by atoms with Gasteiger partial charge >= 0.3 is 0 Å². The van der Waals surface area contributed by atoms with Crippen LogP contribution in [-0.2, 0) is 10.5 Å². The number of hydrogen-bond acceptors (Lipinski definition) is 5. The zero-order chi connectivity index (χ0) is 17.0. The maximum Gasteiger partial charge on any atom is 0.222 e. The first-order valence-corrected chi connectivity index (χ1v) is 9.17. The van der Waals surface area contributed by atoms with Crippen LogP contribution in [0.4, 0.5) is 0 Å². The Morgan fingerprint density at radius 3 is 2.25 bits per heavy atom. The Bertz CT molecular complexity index is 789. The minimum atomic E-state index is -0.790. The number of rotatable bonds is 7. The molecule has 4 nitrogen and oxygen atoms in total. The Kier molecular flexibility index (Phi) is 5.79. The van der Waals surface area contributed by atoms with Gasteiger partial charge in [0.2, 0.25) is 4.99 Å². The third-order valence-corrected chi connectivity index (χ3v) is 5.41. The summed E-state index contributed by atoms with van der Waals surface area (Å²) in [7, 11) is 0. The molecule has 2 aromatic carbocycles. The SMILES string of the molecule is OCCOCC1(SCc2ccccc2)N=c2cc(Cl)c(Cl)cc2=N1. The second kappa shape index (κ2) is 7.85. The lowest BCUT2D eigenvalue weighted by atomic mass is 10.2. The number of hydrogen-bond donors (Lipinski definition) is 1. The van der Waals surface area contributed by atoms with E-state index in [9.17, 15) is 0 Å². The average molecular weight is 383 g/mol. The van der Waals surface area contributed by atoms with E-state index in [1.807, 2.05) is 18.2 Å². The highest BCUT2D eigenvalue weighted by molar-refractivity contribution is 7.99. The molecule has 0 aliphatic carbocycles. The molecule has 2 aromatic rings. The van der Waals surface area contributed by atoms with Crippen molar-refractivity contribution in [2.24, 2.45) is 9.98 Å². The quantitative estimate of drug-likeness (QED) is 0.749. The van der Waals surface area contributed by atoms with Crippen LogP contribution in [-0.4, -0.2) is 29.9 Å². The lowest BCUT2D eigenvalue weighted by molar-refractivity contribution is 0.0789. The van der Waals surface area contributed by atoms with E-state index in [4.69, 9.17) is 43.0 Å². The van der Waals surface area contributed by atoms with Crippen LogP contribution in [0.25, 0.3) is 0 Å². The lowest BCUT2D eigenvalue weighted by Crippen LogP contribution is -2.27. The largest absolute Gasteiger partial charge is 0.394 e. The Morgan fingerprint density at radius 1 is 1.04 bits per heavy atom. The summed E-state index contributed by atoms with van der Waals surface area (Å²) < 4.78 is 5.53. The predicted molar refractivity (Wildman–Crippen MR) is 97.1 cm³/mol. The van der Waals surface area contributed by atoms with Crippen molar-refractivity contribution in [1.82, 2.24) is 0 Å². The Hall–Kier alpha value is -1.11. The summed E-state index contributed by atoms with van der Waals surface area (Å²) in [6.07, 6.45) is 0. The third-order valence-electron chi connectivity index (χ3n) is 3.45. The number of thioether (sulfide) groups is 1. The first kappa shape index (κ1) is 17.7. The molecule has 0 radical (unpaired) electrons. The van der Waals surface area contributed by atoms with E-state index < -0.39 is 4.99 Å². The molecular weight excluding hydrogens is 367 g/mol. The summed E-state index contributed by atoms with van der Waals surface area (Å²) in [5, 5.41) is 11.3. The van der Waals surface area contributed by atoms with Gasteiger partial charge in [0.1, 0.15) is 6.61 Å². The van der Waals surface area contributed by atoms with Gasteiger partial charge in [-0.2, -0.15) is 0 Å². The number of benzene rings is 2. The molecule has 0 amide bonds. The van der Waals surface area contributed by atoms with Crippen molar-refractivity contribution in [3.8, 4) is 0 Å². The summed E-state index contributed by atoms with van der Waals surface area (Å²) in [6, 6.07) is 13.6. The van der Waals surface area contributed by atoms with E-state index in [1.165, 1.54) is 5.56 Å². The Morgan fingerprint density at radius 2 is 1.67 bits per heavy atom. The van der Waals surface area contributed by atoms with Crippen LogP contribution < -0.4 is 10.7 Å². The summed E-state index contributed by atoms with van der Waals surface area (Å²) in [6.45, 7) is 0.482. The van der Waals surface area contributed by atoms with Crippen molar-refractivity contribution < 1.29 is 9.84 Å². The second-order valence-electron chi connectivity index (χ2n) is 5.27. The summed E-state index contributed by atoms with van der Waals surface area (Å²) >= 11 is 13.7. The van der Waals surface area contributed by atoms with E-state index in [0.717, 1.165) is 5.75 Å². The van der Waals surface area contributed by atoms with E-state index in [2.05, 4.69) is 12.1 Å². The van der Waals surface area contributed by atoms with Gasteiger partial charge in [0.15, 0.2) is 0 Å². The number of ether oxygens (including phenoxy) is 1. The molecule has 0 unspecified atom stereocenters. The van der Waals surface area contributed by atoms with E-state index in [-0.39, 0.29) is 19.8 Å². The zero-order valence-electron chi connectivity index (χ0n) is 12.8. The molecule has 0 spiro atoms. The van der Waals surface area contributed by atoms with Crippen LogP contribution in [0.15, 0.2) is 52.4 Å². The standard InChI is InChI=1S/C17H16Cl2N2O2S/c18-13-8-15-16(9-14(13)19)21-17(20-15,11-23-7-6-22)24-10-12-4-2-1-3-5-12/h1-5,8-9,22H,6-7,10-11H2. The molecule has 0 atom stereocenters. The van der Waals surface area contributed by atoms with Crippen molar-refractivity contribution >= 4 is 35.0 Å². The minimum absolute atomic E-state index is 0.0377. The van der Waals surface area contributed by atoms with Crippen LogP contribution in [0.5, 0.6) is 0 Å². The molecule has 0 fully saturated rings. The smallest absolute Gasteiger partial charge is 0.222 e.